The molecular weight excluding hydrogens is 328 g/mol. The number of halogens is 1. The Bertz CT molecular complexity index is 625. The van der Waals surface area contributed by atoms with Crippen LogP contribution >= 0.6 is 27.3 Å². The number of carbonyl (C=O) groups is 1. The molecule has 0 radical (unpaired) electrons. The Morgan fingerprint density at radius 2 is 2.16 bits per heavy atom. The molecule has 0 aliphatic carbocycles. The van der Waals surface area contributed by atoms with Gasteiger partial charge in [-0.05, 0) is 31.5 Å². The van der Waals surface area contributed by atoms with Crippen molar-refractivity contribution in [3.63, 3.8) is 0 Å². The number of aryl methyl sites for hydroxylation is 2. The molecule has 4 nitrogen and oxygen atoms in total. The Balaban J connectivity index is 2.31. The first kappa shape index (κ1) is 14.0. The summed E-state index contributed by atoms with van der Waals surface area (Å²) in [6.07, 6.45) is 0. The van der Waals surface area contributed by atoms with Crippen LogP contribution in [0.1, 0.15) is 21.1 Å². The summed E-state index contributed by atoms with van der Waals surface area (Å²) in [5.41, 5.74) is 2.01. The van der Waals surface area contributed by atoms with Gasteiger partial charge >= 0.3 is 0 Å². The fourth-order valence-electron chi connectivity index (χ4n) is 1.68. The molecule has 1 N–H and O–H groups in total. The molecule has 1 amide bonds. The van der Waals surface area contributed by atoms with Crippen LogP contribution in [-0.4, -0.2) is 18.0 Å². The van der Waals surface area contributed by atoms with Gasteiger partial charge < -0.3 is 10.1 Å². The minimum Gasteiger partial charge on any atom is -0.495 e. The minimum atomic E-state index is -0.229. The van der Waals surface area contributed by atoms with E-state index in [0.717, 1.165) is 15.0 Å². The highest BCUT2D eigenvalue weighted by atomic mass is 79.9. The first-order valence-corrected chi connectivity index (χ1v) is 7.26. The zero-order valence-corrected chi connectivity index (χ0v) is 13.2. The predicted molar refractivity (Wildman–Crippen MR) is 80.2 cm³/mol. The summed E-state index contributed by atoms with van der Waals surface area (Å²) in [4.78, 5) is 16.3. The number of methoxy groups -OCH3 is 1. The van der Waals surface area contributed by atoms with Gasteiger partial charge in [0.1, 0.15) is 11.4 Å². The summed E-state index contributed by atoms with van der Waals surface area (Å²) in [5.74, 6) is 0.389. The van der Waals surface area contributed by atoms with Gasteiger partial charge in [-0.15, -0.1) is 11.3 Å². The number of thiazole rings is 1. The lowest BCUT2D eigenvalue weighted by Crippen LogP contribution is -2.14. The lowest BCUT2D eigenvalue weighted by molar-refractivity contribution is 0.102. The van der Waals surface area contributed by atoms with E-state index in [1.54, 1.807) is 12.5 Å². The maximum atomic E-state index is 12.1. The monoisotopic (exact) mass is 340 g/mol. The van der Waals surface area contributed by atoms with E-state index in [2.05, 4.69) is 26.2 Å². The SMILES string of the molecule is COc1cc(Br)cc(C)c1NC(=O)c1csc(C)n1. The average molecular weight is 341 g/mol. The van der Waals surface area contributed by atoms with Gasteiger partial charge in [0.05, 0.1) is 17.8 Å². The molecule has 0 saturated heterocycles. The Morgan fingerprint density at radius 1 is 1.42 bits per heavy atom. The molecule has 1 aromatic carbocycles. The molecule has 0 bridgehead atoms. The van der Waals surface area contributed by atoms with Gasteiger partial charge in [0, 0.05) is 9.85 Å². The van der Waals surface area contributed by atoms with E-state index >= 15 is 0 Å². The van der Waals surface area contributed by atoms with Gasteiger partial charge in [0.15, 0.2) is 0 Å². The third kappa shape index (κ3) is 3.13. The number of benzene rings is 1. The first-order valence-electron chi connectivity index (χ1n) is 5.59. The van der Waals surface area contributed by atoms with Crippen molar-refractivity contribution in [2.75, 3.05) is 12.4 Å². The Hall–Kier alpha value is -1.40. The molecule has 0 saturated carbocycles. The van der Waals surface area contributed by atoms with Crippen LogP contribution in [0.25, 0.3) is 0 Å². The van der Waals surface area contributed by atoms with Crippen LogP contribution in [0.4, 0.5) is 5.69 Å². The summed E-state index contributed by atoms with van der Waals surface area (Å²) in [5, 5.41) is 5.45. The van der Waals surface area contributed by atoms with Crippen LogP contribution in [0.15, 0.2) is 22.0 Å². The van der Waals surface area contributed by atoms with Gasteiger partial charge in [-0.3, -0.25) is 4.79 Å². The van der Waals surface area contributed by atoms with Crippen LogP contribution in [0, 0.1) is 13.8 Å². The number of hydrogen-bond acceptors (Lipinski definition) is 4. The maximum absolute atomic E-state index is 12.1. The van der Waals surface area contributed by atoms with Crippen molar-refractivity contribution >= 4 is 38.9 Å². The van der Waals surface area contributed by atoms with Crippen LogP contribution in [0.2, 0.25) is 0 Å². The number of anilines is 1. The molecule has 6 heteroatoms. The molecule has 2 rings (SSSR count). The van der Waals surface area contributed by atoms with Gasteiger partial charge in [0.25, 0.3) is 5.91 Å². The van der Waals surface area contributed by atoms with Crippen molar-refractivity contribution < 1.29 is 9.53 Å². The van der Waals surface area contributed by atoms with Crippen molar-refractivity contribution in [3.05, 3.63) is 38.3 Å². The van der Waals surface area contributed by atoms with Crippen LogP contribution in [0.3, 0.4) is 0 Å². The molecule has 0 aliphatic rings. The highest BCUT2D eigenvalue weighted by molar-refractivity contribution is 9.10. The highest BCUT2D eigenvalue weighted by Gasteiger charge is 2.14. The molecule has 19 heavy (non-hydrogen) atoms. The molecule has 0 spiro atoms. The molecule has 0 fully saturated rings. The van der Waals surface area contributed by atoms with E-state index in [4.69, 9.17) is 4.74 Å². The van der Waals surface area contributed by atoms with Crippen LogP contribution in [-0.2, 0) is 0 Å². The number of nitrogens with zero attached hydrogens (tertiary/aromatic N) is 1. The smallest absolute Gasteiger partial charge is 0.275 e. The fourth-order valence-corrected chi connectivity index (χ4v) is 2.82. The van der Waals surface area contributed by atoms with Crippen LogP contribution < -0.4 is 10.1 Å². The van der Waals surface area contributed by atoms with Crippen molar-refractivity contribution in [2.24, 2.45) is 0 Å². The van der Waals surface area contributed by atoms with Gasteiger partial charge in [0.2, 0.25) is 0 Å². The lowest BCUT2D eigenvalue weighted by Gasteiger charge is -2.13. The average Bonchev–Trinajstić information content (AvgIpc) is 2.78. The van der Waals surface area contributed by atoms with E-state index in [1.807, 2.05) is 26.0 Å². The second-order valence-electron chi connectivity index (χ2n) is 4.01. The predicted octanol–water partition coefficient (Wildman–Crippen LogP) is 3.78. The maximum Gasteiger partial charge on any atom is 0.275 e. The fraction of sp³-hybridized carbons (Fsp3) is 0.231. The summed E-state index contributed by atoms with van der Waals surface area (Å²) in [7, 11) is 1.57. The van der Waals surface area contributed by atoms with Crippen molar-refractivity contribution in [3.8, 4) is 5.75 Å². The largest absolute Gasteiger partial charge is 0.495 e. The summed E-state index contributed by atoms with van der Waals surface area (Å²) in [6, 6.07) is 3.74. The molecule has 0 unspecified atom stereocenters. The number of aromatic nitrogens is 1. The number of carbonyl (C=O) groups excluding carboxylic acids is 1. The summed E-state index contributed by atoms with van der Waals surface area (Å²) in [6.45, 7) is 3.78. The molecular formula is C13H13BrN2O2S. The van der Waals surface area contributed by atoms with Crippen LogP contribution in [0.5, 0.6) is 5.75 Å². The number of hydrogen-bond donors (Lipinski definition) is 1. The second kappa shape index (κ2) is 5.71. The van der Waals surface area contributed by atoms with Crippen molar-refractivity contribution in [2.45, 2.75) is 13.8 Å². The highest BCUT2D eigenvalue weighted by Crippen LogP contribution is 2.32. The molecule has 100 valence electrons. The van der Waals surface area contributed by atoms with E-state index < -0.39 is 0 Å². The third-order valence-corrected chi connectivity index (χ3v) is 3.81. The zero-order chi connectivity index (χ0) is 14.0. The zero-order valence-electron chi connectivity index (χ0n) is 10.8. The number of ether oxygens (including phenoxy) is 1. The second-order valence-corrected chi connectivity index (χ2v) is 5.98. The third-order valence-electron chi connectivity index (χ3n) is 2.57. The number of amides is 1. The van der Waals surface area contributed by atoms with E-state index in [0.29, 0.717) is 17.1 Å². The minimum absolute atomic E-state index is 0.229. The lowest BCUT2D eigenvalue weighted by atomic mass is 10.2. The van der Waals surface area contributed by atoms with Crippen molar-refractivity contribution in [1.82, 2.24) is 4.98 Å². The topological polar surface area (TPSA) is 51.2 Å². The number of nitrogens with one attached hydrogen (secondary N) is 1. The molecule has 1 heterocycles. The quantitative estimate of drug-likeness (QED) is 0.924. The van der Waals surface area contributed by atoms with E-state index in [1.165, 1.54) is 11.3 Å². The molecule has 2 aromatic rings. The number of rotatable bonds is 3. The Labute approximate surface area is 124 Å². The first-order chi connectivity index (χ1) is 9.01. The van der Waals surface area contributed by atoms with E-state index in [9.17, 15) is 4.79 Å². The van der Waals surface area contributed by atoms with Gasteiger partial charge in [-0.2, -0.15) is 0 Å². The standard InChI is InChI=1S/C13H13BrN2O2S/c1-7-4-9(14)5-11(18-3)12(7)16-13(17)10-6-19-8(2)15-10/h4-6H,1-3H3,(H,16,17). The Kier molecular flexibility index (Phi) is 4.21. The summed E-state index contributed by atoms with van der Waals surface area (Å²) < 4.78 is 6.19. The van der Waals surface area contributed by atoms with Crippen molar-refractivity contribution in [1.29, 1.82) is 0 Å². The summed E-state index contributed by atoms with van der Waals surface area (Å²) >= 11 is 4.85. The molecule has 1 aromatic heterocycles. The molecule has 0 aliphatic heterocycles. The molecule has 0 atom stereocenters. The van der Waals surface area contributed by atoms with Gasteiger partial charge in [-0.25, -0.2) is 4.98 Å². The Morgan fingerprint density at radius 3 is 2.74 bits per heavy atom. The normalized spacial score (nSPS) is 10.3. The van der Waals surface area contributed by atoms with E-state index in [-0.39, 0.29) is 5.91 Å². The van der Waals surface area contributed by atoms with Gasteiger partial charge in [-0.1, -0.05) is 15.9 Å².